The number of rotatable bonds is 10. The maximum atomic E-state index is 12.6. The molecular weight excluding hydrogens is 500 g/mol. The number of nitrogens with one attached hydrogen (secondary N) is 1. The van der Waals surface area contributed by atoms with E-state index in [0.29, 0.717) is 35.7 Å². The Bertz CT molecular complexity index is 1660. The van der Waals surface area contributed by atoms with Gasteiger partial charge in [-0.15, -0.1) is 0 Å². The van der Waals surface area contributed by atoms with Gasteiger partial charge in [0.1, 0.15) is 23.5 Å². The summed E-state index contributed by atoms with van der Waals surface area (Å²) in [6.07, 6.45) is 1.69. The van der Waals surface area contributed by atoms with Crippen molar-refractivity contribution in [2.45, 2.75) is 19.4 Å². The number of nitrogens with zero attached hydrogens (tertiary/aromatic N) is 1. The third-order valence-corrected chi connectivity index (χ3v) is 7.39. The summed E-state index contributed by atoms with van der Waals surface area (Å²) in [7, 11) is -3.53. The fourth-order valence-electron chi connectivity index (χ4n) is 4.35. The van der Waals surface area contributed by atoms with Crippen molar-refractivity contribution < 1.29 is 22.4 Å². The predicted octanol–water partition coefficient (Wildman–Crippen LogP) is 6.35. The van der Waals surface area contributed by atoms with E-state index in [0.717, 1.165) is 28.2 Å². The Morgan fingerprint density at radius 2 is 1.58 bits per heavy atom. The number of carbonyl (C=O) groups is 1. The molecular formula is C30H28N2O5S. The number of ether oxygens (including phenoxy) is 1. The fourth-order valence-corrected chi connectivity index (χ4v) is 5.31. The summed E-state index contributed by atoms with van der Waals surface area (Å²) in [6, 6.07) is 30.1. The molecule has 1 N–H and O–H groups in total. The molecule has 1 aromatic heterocycles. The second-order valence-corrected chi connectivity index (χ2v) is 11.0. The highest BCUT2D eigenvalue weighted by atomic mass is 32.2. The number of para-hydroxylation sites is 1. The monoisotopic (exact) mass is 528 g/mol. The van der Waals surface area contributed by atoms with Gasteiger partial charge in [-0.2, -0.15) is 0 Å². The SMILES string of the molecule is CS(=O)(=O)N(CCCC(=O)Nc1ccc2c(c1)oc1ccccc12)c1ccc(OCc2ccccc2)cc1. The topological polar surface area (TPSA) is 88.9 Å². The minimum atomic E-state index is -3.53. The van der Waals surface area contributed by atoms with Gasteiger partial charge in [-0.1, -0.05) is 48.5 Å². The van der Waals surface area contributed by atoms with Crippen molar-refractivity contribution in [2.24, 2.45) is 0 Å². The normalized spacial score (nSPS) is 11.5. The fraction of sp³-hybridized carbons (Fsp3) is 0.167. The lowest BCUT2D eigenvalue weighted by Crippen LogP contribution is -2.31. The number of hydrogen-bond donors (Lipinski definition) is 1. The van der Waals surface area contributed by atoms with E-state index in [4.69, 9.17) is 9.15 Å². The molecule has 5 rings (SSSR count). The maximum absolute atomic E-state index is 12.6. The molecule has 1 heterocycles. The molecule has 194 valence electrons. The quantitative estimate of drug-likeness (QED) is 0.228. The first-order valence-corrected chi connectivity index (χ1v) is 14.2. The molecule has 5 aromatic rings. The second-order valence-electron chi connectivity index (χ2n) is 9.06. The molecule has 0 radical (unpaired) electrons. The molecule has 8 heteroatoms. The summed E-state index contributed by atoms with van der Waals surface area (Å²) in [5.41, 5.74) is 3.69. The van der Waals surface area contributed by atoms with E-state index < -0.39 is 10.0 Å². The summed E-state index contributed by atoms with van der Waals surface area (Å²) < 4.78 is 37.9. The minimum absolute atomic E-state index is 0.169. The number of amides is 1. The third-order valence-electron chi connectivity index (χ3n) is 6.20. The Morgan fingerprint density at radius 3 is 2.34 bits per heavy atom. The molecule has 0 saturated heterocycles. The van der Waals surface area contributed by atoms with Crippen LogP contribution in [0, 0.1) is 0 Å². The second kappa shape index (κ2) is 11.0. The Kier molecular flexibility index (Phi) is 7.33. The van der Waals surface area contributed by atoms with Crippen LogP contribution in [0.1, 0.15) is 18.4 Å². The molecule has 0 fully saturated rings. The number of carbonyl (C=O) groups excluding carboxylic acids is 1. The zero-order valence-electron chi connectivity index (χ0n) is 21.0. The van der Waals surface area contributed by atoms with Gasteiger partial charge in [0.2, 0.25) is 15.9 Å². The van der Waals surface area contributed by atoms with Crippen molar-refractivity contribution in [3.8, 4) is 5.75 Å². The largest absolute Gasteiger partial charge is 0.489 e. The molecule has 0 unspecified atom stereocenters. The van der Waals surface area contributed by atoms with Crippen LogP contribution in [0.5, 0.6) is 5.75 Å². The maximum Gasteiger partial charge on any atom is 0.232 e. The smallest absolute Gasteiger partial charge is 0.232 e. The Labute approximate surface area is 221 Å². The molecule has 0 aliphatic rings. The van der Waals surface area contributed by atoms with Crippen LogP contribution in [0.4, 0.5) is 11.4 Å². The number of hydrogen-bond acceptors (Lipinski definition) is 5. The van der Waals surface area contributed by atoms with E-state index in [9.17, 15) is 13.2 Å². The van der Waals surface area contributed by atoms with Crippen LogP contribution in [0.3, 0.4) is 0 Å². The van der Waals surface area contributed by atoms with Gasteiger partial charge in [-0.25, -0.2) is 8.42 Å². The number of fused-ring (bicyclic) bond motifs is 3. The van der Waals surface area contributed by atoms with Crippen molar-refractivity contribution in [1.82, 2.24) is 0 Å². The minimum Gasteiger partial charge on any atom is -0.489 e. The third kappa shape index (κ3) is 5.98. The Balaban J connectivity index is 1.17. The van der Waals surface area contributed by atoms with Crippen LogP contribution < -0.4 is 14.4 Å². The van der Waals surface area contributed by atoms with Crippen LogP contribution in [0.2, 0.25) is 0 Å². The highest BCUT2D eigenvalue weighted by Crippen LogP contribution is 2.30. The van der Waals surface area contributed by atoms with Gasteiger partial charge >= 0.3 is 0 Å². The van der Waals surface area contributed by atoms with Gasteiger partial charge in [0.05, 0.1) is 11.9 Å². The van der Waals surface area contributed by atoms with Gasteiger partial charge in [0, 0.05) is 35.5 Å². The van der Waals surface area contributed by atoms with Gasteiger partial charge in [-0.3, -0.25) is 9.10 Å². The van der Waals surface area contributed by atoms with Crippen molar-refractivity contribution in [2.75, 3.05) is 22.4 Å². The number of anilines is 2. The van der Waals surface area contributed by atoms with Gasteiger partial charge in [0.15, 0.2) is 0 Å². The zero-order chi connectivity index (χ0) is 26.5. The van der Waals surface area contributed by atoms with Crippen molar-refractivity contribution in [3.63, 3.8) is 0 Å². The average molecular weight is 529 g/mol. The van der Waals surface area contributed by atoms with Crippen LogP contribution >= 0.6 is 0 Å². The predicted molar refractivity (Wildman–Crippen MR) is 151 cm³/mol. The molecule has 4 aromatic carbocycles. The average Bonchev–Trinajstić information content (AvgIpc) is 3.28. The highest BCUT2D eigenvalue weighted by Gasteiger charge is 2.18. The van der Waals surface area contributed by atoms with Crippen molar-refractivity contribution in [1.29, 1.82) is 0 Å². The van der Waals surface area contributed by atoms with Crippen LogP contribution in [0.25, 0.3) is 21.9 Å². The van der Waals surface area contributed by atoms with Crippen LogP contribution in [-0.2, 0) is 21.4 Å². The number of benzene rings is 4. The summed E-state index contributed by atoms with van der Waals surface area (Å²) in [6.45, 7) is 0.605. The molecule has 0 spiro atoms. The van der Waals surface area contributed by atoms with E-state index in [2.05, 4.69) is 5.32 Å². The Morgan fingerprint density at radius 1 is 0.868 bits per heavy atom. The first-order chi connectivity index (χ1) is 18.4. The highest BCUT2D eigenvalue weighted by molar-refractivity contribution is 7.92. The van der Waals surface area contributed by atoms with Gasteiger partial charge in [0.25, 0.3) is 0 Å². The number of furan rings is 1. The summed E-state index contributed by atoms with van der Waals surface area (Å²) in [5.74, 6) is 0.449. The lowest BCUT2D eigenvalue weighted by Gasteiger charge is -2.22. The van der Waals surface area contributed by atoms with E-state index in [1.807, 2.05) is 66.7 Å². The molecule has 0 bridgehead atoms. The molecule has 0 aliphatic heterocycles. The van der Waals surface area contributed by atoms with Crippen molar-refractivity contribution in [3.05, 3.63) is 103 Å². The van der Waals surface area contributed by atoms with E-state index >= 15 is 0 Å². The lowest BCUT2D eigenvalue weighted by atomic mass is 10.1. The zero-order valence-corrected chi connectivity index (χ0v) is 21.8. The molecule has 0 aliphatic carbocycles. The summed E-state index contributed by atoms with van der Waals surface area (Å²) in [4.78, 5) is 12.6. The van der Waals surface area contributed by atoms with Crippen LogP contribution in [0.15, 0.2) is 101 Å². The Hall–Kier alpha value is -4.30. The van der Waals surface area contributed by atoms with Crippen molar-refractivity contribution >= 4 is 49.2 Å². The standard InChI is InChI=1S/C30H28N2O5S/c1-38(34,35)32(24-14-16-25(17-15-24)36-21-22-8-3-2-4-9-22)19-7-12-30(33)31-23-13-18-27-26-10-5-6-11-28(26)37-29(27)20-23/h2-6,8-11,13-18,20H,7,12,19,21H2,1H3,(H,31,33). The first kappa shape index (κ1) is 25.4. The van der Waals surface area contributed by atoms with E-state index in [1.165, 1.54) is 4.31 Å². The summed E-state index contributed by atoms with van der Waals surface area (Å²) >= 11 is 0. The first-order valence-electron chi connectivity index (χ1n) is 12.3. The van der Waals surface area contributed by atoms with E-state index in [-0.39, 0.29) is 18.9 Å². The molecule has 38 heavy (non-hydrogen) atoms. The lowest BCUT2D eigenvalue weighted by molar-refractivity contribution is -0.116. The molecule has 0 atom stereocenters. The molecule has 7 nitrogen and oxygen atoms in total. The van der Waals surface area contributed by atoms with Gasteiger partial charge < -0.3 is 14.5 Å². The number of sulfonamides is 1. The van der Waals surface area contributed by atoms with Gasteiger partial charge in [-0.05, 0) is 54.4 Å². The molecule has 0 saturated carbocycles. The van der Waals surface area contributed by atoms with Crippen LogP contribution in [-0.4, -0.2) is 27.1 Å². The summed E-state index contributed by atoms with van der Waals surface area (Å²) in [5, 5.41) is 4.89. The van der Waals surface area contributed by atoms with E-state index in [1.54, 1.807) is 30.3 Å². The molecule has 1 amide bonds.